The van der Waals surface area contributed by atoms with Gasteiger partial charge in [-0.1, -0.05) is 211 Å². The number of ether oxygens (including phenoxy) is 1. The molecule has 0 amide bonds. The Kier molecular flexibility index (Phi) is 44.7. The Hall–Kier alpha value is -2.11. The minimum atomic E-state index is -0.668. The van der Waals surface area contributed by atoms with Crippen LogP contribution < -0.4 is 0 Å². The van der Waals surface area contributed by atoms with E-state index in [-0.39, 0.29) is 5.97 Å². The van der Waals surface area contributed by atoms with Gasteiger partial charge in [0, 0.05) is 31.8 Å². The van der Waals surface area contributed by atoms with Crippen LogP contribution in [0.3, 0.4) is 0 Å². The molecule has 1 unspecified atom stereocenters. The quantitative estimate of drug-likeness (QED) is 0.0374. The smallest absolute Gasteiger partial charge is 0.305 e. The molecule has 0 saturated heterocycles. The van der Waals surface area contributed by atoms with E-state index in [0.717, 1.165) is 51.5 Å². The number of hydrogen-bond donors (Lipinski definition) is 1. The van der Waals surface area contributed by atoms with Gasteiger partial charge in [0.25, 0.3) is 0 Å². The van der Waals surface area contributed by atoms with E-state index in [4.69, 9.17) is 14.8 Å². The number of esters is 1. The number of amidine groups is 1. The number of nitrogens with zero attached hydrogens (tertiary/aromatic N) is 2. The van der Waals surface area contributed by atoms with Gasteiger partial charge in [0.2, 0.25) is 0 Å². The van der Waals surface area contributed by atoms with Gasteiger partial charge < -0.3 is 14.7 Å². The Balaban J connectivity index is 1.81. The zero-order valence-corrected chi connectivity index (χ0v) is 42.2. The van der Waals surface area contributed by atoms with E-state index in [1.54, 1.807) is 0 Å². The van der Waals surface area contributed by atoms with Crippen molar-refractivity contribution in [3.05, 3.63) is 24.3 Å². The van der Waals surface area contributed by atoms with Crippen LogP contribution in [0.15, 0.2) is 29.3 Å². The lowest BCUT2D eigenvalue weighted by Gasteiger charge is -2.25. The molecular weight excluding hydrogens is 777 g/mol. The minimum Gasteiger partial charge on any atom is -0.481 e. The van der Waals surface area contributed by atoms with Crippen LogP contribution in [0.1, 0.15) is 296 Å². The van der Waals surface area contributed by atoms with E-state index >= 15 is 0 Å². The lowest BCUT2D eigenvalue weighted by atomic mass is 10.0. The molecule has 0 aromatic rings. The second kappa shape index (κ2) is 47.8. The Morgan fingerprint density at radius 3 is 1.32 bits per heavy atom. The number of carboxylic acids is 1. The fraction of sp³-hybridized carbons (Fsp3) is 0.877. The summed E-state index contributed by atoms with van der Waals surface area (Å²) in [6.07, 6.45) is 64.2. The lowest BCUT2D eigenvalue weighted by Crippen LogP contribution is -2.35. The summed E-state index contributed by atoms with van der Waals surface area (Å²) in [5.41, 5.74) is 0. The van der Waals surface area contributed by atoms with Crippen molar-refractivity contribution in [1.82, 2.24) is 4.90 Å². The highest BCUT2D eigenvalue weighted by Crippen LogP contribution is 2.19. The van der Waals surface area contributed by atoms with Crippen molar-refractivity contribution in [1.29, 1.82) is 0 Å². The number of hydrogen-bond acceptors (Lipinski definition) is 5. The average molecular weight is 883 g/mol. The Labute approximate surface area is 392 Å². The highest BCUT2D eigenvalue weighted by molar-refractivity contribution is 5.84. The maximum absolute atomic E-state index is 12.1. The highest BCUT2D eigenvalue weighted by Gasteiger charge is 2.22. The summed E-state index contributed by atoms with van der Waals surface area (Å²) in [6, 6.07) is 0.578. The number of carbonyl (C=O) groups excluding carboxylic acids is 1. The first-order chi connectivity index (χ1) is 31.0. The van der Waals surface area contributed by atoms with Crippen molar-refractivity contribution in [3.63, 3.8) is 0 Å². The van der Waals surface area contributed by atoms with Crippen molar-refractivity contribution in [3.8, 4) is 0 Å². The molecule has 0 spiro atoms. The molecule has 1 rings (SSSR count). The Bertz CT molecular complexity index is 1090. The molecule has 0 radical (unpaired) electrons. The molecule has 1 aliphatic rings. The number of aliphatic imine (C=N–C) groups is 1. The molecule has 0 aromatic heterocycles. The first-order valence-corrected chi connectivity index (χ1v) is 28.0. The van der Waals surface area contributed by atoms with Gasteiger partial charge in [0.1, 0.15) is 0 Å². The Morgan fingerprint density at radius 2 is 0.873 bits per heavy atom. The van der Waals surface area contributed by atoms with Gasteiger partial charge in [0.15, 0.2) is 0 Å². The summed E-state index contributed by atoms with van der Waals surface area (Å²) in [4.78, 5) is 30.2. The molecule has 6 nitrogen and oxygen atoms in total. The number of unbranched alkanes of at least 4 members (excludes halogenated alkanes) is 36. The van der Waals surface area contributed by atoms with Crippen LogP contribution >= 0.6 is 0 Å². The average Bonchev–Trinajstić information content (AvgIpc) is 3.63. The molecule has 1 atom stereocenters. The first-order valence-electron chi connectivity index (χ1n) is 28.0. The number of rotatable bonds is 50. The van der Waals surface area contributed by atoms with Gasteiger partial charge in [-0.2, -0.15) is 0 Å². The maximum Gasteiger partial charge on any atom is 0.305 e. The van der Waals surface area contributed by atoms with Gasteiger partial charge in [-0.15, -0.1) is 0 Å². The van der Waals surface area contributed by atoms with Crippen LogP contribution in [-0.2, 0) is 14.3 Å². The summed E-state index contributed by atoms with van der Waals surface area (Å²) in [6.45, 7) is 7.43. The lowest BCUT2D eigenvalue weighted by molar-refractivity contribution is -0.144. The molecule has 1 heterocycles. The van der Waals surface area contributed by atoms with Gasteiger partial charge in [-0.25, -0.2) is 0 Å². The third-order valence-electron chi connectivity index (χ3n) is 13.3. The first kappa shape index (κ1) is 58.9. The molecule has 63 heavy (non-hydrogen) atoms. The third-order valence-corrected chi connectivity index (χ3v) is 13.3. The molecule has 0 bridgehead atoms. The zero-order chi connectivity index (χ0) is 45.4. The second-order valence-electron chi connectivity index (χ2n) is 19.5. The van der Waals surface area contributed by atoms with Gasteiger partial charge in [-0.3, -0.25) is 14.6 Å². The summed E-state index contributed by atoms with van der Waals surface area (Å²) in [5, 5.41) is 8.69. The largest absolute Gasteiger partial charge is 0.481 e. The monoisotopic (exact) mass is 883 g/mol. The summed E-state index contributed by atoms with van der Waals surface area (Å²) < 4.78 is 5.49. The topological polar surface area (TPSA) is 79.2 Å². The number of carbonyl (C=O) groups is 2. The molecule has 6 heteroatoms. The van der Waals surface area contributed by atoms with E-state index in [9.17, 15) is 9.59 Å². The van der Waals surface area contributed by atoms with Gasteiger partial charge >= 0.3 is 11.9 Å². The fourth-order valence-corrected chi connectivity index (χ4v) is 9.09. The summed E-state index contributed by atoms with van der Waals surface area (Å²) in [5.74, 6) is 0.724. The Morgan fingerprint density at radius 1 is 0.508 bits per heavy atom. The van der Waals surface area contributed by atoms with Crippen LogP contribution in [0.5, 0.6) is 0 Å². The van der Waals surface area contributed by atoms with Crippen molar-refractivity contribution in [2.75, 3.05) is 19.7 Å². The molecular formula is C57H106N2O4. The zero-order valence-electron chi connectivity index (χ0n) is 42.2. The third kappa shape index (κ3) is 42.3. The van der Waals surface area contributed by atoms with Crippen LogP contribution in [-0.4, -0.2) is 53.5 Å². The molecule has 0 saturated carbocycles. The van der Waals surface area contributed by atoms with E-state index in [1.807, 2.05) is 0 Å². The minimum absolute atomic E-state index is 0.0109. The second-order valence-corrected chi connectivity index (χ2v) is 19.5. The number of aliphatic carboxylic acids is 1. The molecule has 1 N–H and O–H groups in total. The van der Waals surface area contributed by atoms with E-state index in [0.29, 0.717) is 25.5 Å². The fourth-order valence-electron chi connectivity index (χ4n) is 9.09. The van der Waals surface area contributed by atoms with Crippen molar-refractivity contribution >= 4 is 17.8 Å². The molecule has 0 aliphatic carbocycles. The molecule has 0 fully saturated rings. The summed E-state index contributed by atoms with van der Waals surface area (Å²) in [7, 11) is 0. The van der Waals surface area contributed by atoms with Crippen LogP contribution in [0, 0.1) is 0 Å². The van der Waals surface area contributed by atoms with Gasteiger partial charge in [0.05, 0.1) is 19.0 Å². The molecule has 1 aliphatic heterocycles. The van der Waals surface area contributed by atoms with E-state index in [2.05, 4.69) is 43.1 Å². The standard InChI is InChI=1S/C57H106N2O4/c1-3-4-5-6-7-8-9-10-11-17-22-27-32-37-42-47-52-63-57(62)50-45-40-35-30-25-20-13-12-16-21-26-31-36-41-46-51-59-54(2)53-58-55(59)48-43-38-33-28-23-18-14-15-19-24-29-34-39-44-49-56(60)61/h12-15,54H,3-11,16-53H2,1-2H3,(H,60,61). The van der Waals surface area contributed by atoms with Crippen LogP contribution in [0.2, 0.25) is 0 Å². The SMILES string of the molecule is CCCCCCCCCCCCCCCCCCOC(=O)CCCCCCCC=CCCCCCCCCN1C(CCCCCCCC=CCCCCCCCC(=O)O)=NCC1C. The normalized spacial score (nSPS) is 14.2. The predicted molar refractivity (Wildman–Crippen MR) is 274 cm³/mol. The maximum atomic E-state index is 12.1. The van der Waals surface area contributed by atoms with Crippen molar-refractivity contribution < 1.29 is 19.4 Å². The summed E-state index contributed by atoms with van der Waals surface area (Å²) >= 11 is 0. The van der Waals surface area contributed by atoms with E-state index < -0.39 is 5.97 Å². The molecule has 368 valence electrons. The predicted octanol–water partition coefficient (Wildman–Crippen LogP) is 18.0. The van der Waals surface area contributed by atoms with Gasteiger partial charge in [-0.05, 0) is 90.4 Å². The number of carboxylic acid groups (broad SMARTS) is 1. The highest BCUT2D eigenvalue weighted by atomic mass is 16.5. The van der Waals surface area contributed by atoms with E-state index in [1.165, 1.54) is 237 Å². The molecule has 0 aromatic carbocycles. The van der Waals surface area contributed by atoms with Crippen LogP contribution in [0.4, 0.5) is 0 Å². The van der Waals surface area contributed by atoms with Crippen LogP contribution in [0.25, 0.3) is 0 Å². The number of allylic oxidation sites excluding steroid dienone is 4. The van der Waals surface area contributed by atoms with Crippen molar-refractivity contribution in [2.24, 2.45) is 4.99 Å². The van der Waals surface area contributed by atoms with Crippen molar-refractivity contribution in [2.45, 2.75) is 302 Å².